The number of hydrogen-bond acceptors (Lipinski definition) is 1. The number of pyridine rings is 1. The molecule has 1 aliphatic carbocycles. The average Bonchev–Trinajstić information content (AvgIpc) is 3.44. The van der Waals surface area contributed by atoms with Crippen LogP contribution in [0.2, 0.25) is 0 Å². The molecule has 0 atom stereocenters. The summed E-state index contributed by atoms with van der Waals surface area (Å²) in [6.07, 6.45) is 5.33. The molecule has 0 radical (unpaired) electrons. The minimum absolute atomic E-state index is 0.241. The van der Waals surface area contributed by atoms with Gasteiger partial charge in [0, 0.05) is 35.6 Å². The van der Waals surface area contributed by atoms with Gasteiger partial charge in [-0.25, -0.2) is 8.96 Å². The third-order valence-corrected chi connectivity index (χ3v) is 6.84. The summed E-state index contributed by atoms with van der Waals surface area (Å²) in [6, 6.07) is 15.9. The van der Waals surface area contributed by atoms with E-state index in [2.05, 4.69) is 40.3 Å². The number of aromatic nitrogens is 2. The second-order valence-corrected chi connectivity index (χ2v) is 8.65. The predicted molar refractivity (Wildman–Crippen MR) is 121 cm³/mol. The summed E-state index contributed by atoms with van der Waals surface area (Å²) in [5.41, 5.74) is 8.80. The summed E-state index contributed by atoms with van der Waals surface area (Å²) in [4.78, 5) is 0. The largest absolute Gasteiger partial charge is 0.454 e. The number of fused-ring (bicyclic) bond motifs is 4. The third kappa shape index (κ3) is 2.54. The van der Waals surface area contributed by atoms with Crippen LogP contribution in [-0.2, 0) is 26.9 Å². The summed E-state index contributed by atoms with van der Waals surface area (Å²) in [5, 5.41) is 1.97. The van der Waals surface area contributed by atoms with Crippen LogP contribution in [0.4, 0.5) is 4.39 Å². The lowest BCUT2D eigenvalue weighted by Crippen LogP contribution is -2.30. The van der Waals surface area contributed by atoms with E-state index in [-0.39, 0.29) is 5.82 Å². The SMILES string of the molecule is Cc1ccc2c(oc3c(-c4cc5c(n4C)CCC5)c(F)ccc32)c1-c1cccc[n+]1C. The van der Waals surface area contributed by atoms with Gasteiger partial charge in [0.1, 0.15) is 24.0 Å². The van der Waals surface area contributed by atoms with E-state index in [0.717, 1.165) is 51.7 Å². The summed E-state index contributed by atoms with van der Waals surface area (Å²) >= 11 is 0. The molecule has 3 aromatic heterocycles. The molecule has 0 saturated carbocycles. The molecule has 0 unspecified atom stereocenters. The second-order valence-electron chi connectivity index (χ2n) is 8.65. The Morgan fingerprint density at radius 2 is 1.74 bits per heavy atom. The highest BCUT2D eigenvalue weighted by Gasteiger charge is 2.26. The third-order valence-electron chi connectivity index (χ3n) is 6.84. The molecule has 0 saturated heterocycles. The van der Waals surface area contributed by atoms with Gasteiger partial charge in [-0.1, -0.05) is 12.1 Å². The highest BCUT2D eigenvalue weighted by molar-refractivity contribution is 6.13. The summed E-state index contributed by atoms with van der Waals surface area (Å²) < 4.78 is 26.0. The Morgan fingerprint density at radius 3 is 2.52 bits per heavy atom. The lowest BCUT2D eigenvalue weighted by Gasteiger charge is -2.08. The first-order valence-corrected chi connectivity index (χ1v) is 10.8. The van der Waals surface area contributed by atoms with Crippen molar-refractivity contribution in [2.45, 2.75) is 26.2 Å². The van der Waals surface area contributed by atoms with E-state index in [0.29, 0.717) is 11.1 Å². The molecule has 3 nitrogen and oxygen atoms in total. The summed E-state index contributed by atoms with van der Waals surface area (Å²) in [6.45, 7) is 2.10. The number of rotatable bonds is 2. The molecule has 4 heteroatoms. The number of nitrogens with zero attached hydrogens (tertiary/aromatic N) is 2. The number of halogens is 1. The van der Waals surface area contributed by atoms with Gasteiger partial charge in [-0.05, 0) is 61.6 Å². The zero-order valence-electron chi connectivity index (χ0n) is 18.0. The van der Waals surface area contributed by atoms with Crippen molar-refractivity contribution in [3.05, 3.63) is 77.4 Å². The van der Waals surface area contributed by atoms with Crippen molar-refractivity contribution in [1.82, 2.24) is 4.57 Å². The monoisotopic (exact) mass is 411 g/mol. The topological polar surface area (TPSA) is 21.9 Å². The van der Waals surface area contributed by atoms with Crippen LogP contribution in [0.15, 0.2) is 59.1 Å². The first-order valence-electron chi connectivity index (χ1n) is 10.8. The Hall–Kier alpha value is -3.40. The van der Waals surface area contributed by atoms with E-state index in [1.807, 2.05) is 38.5 Å². The molecule has 1 aliphatic rings. The van der Waals surface area contributed by atoms with Crippen molar-refractivity contribution in [3.8, 4) is 22.5 Å². The van der Waals surface area contributed by atoms with Crippen molar-refractivity contribution in [3.63, 3.8) is 0 Å². The average molecular weight is 412 g/mol. The quantitative estimate of drug-likeness (QED) is 0.326. The van der Waals surface area contributed by atoms with Crippen LogP contribution >= 0.6 is 0 Å². The number of furan rings is 1. The second kappa shape index (κ2) is 6.55. The fraction of sp³-hybridized carbons (Fsp3) is 0.222. The Labute approximate surface area is 180 Å². The van der Waals surface area contributed by atoms with Gasteiger partial charge >= 0.3 is 0 Å². The molecule has 0 N–H and O–H groups in total. The van der Waals surface area contributed by atoms with Crippen LogP contribution in [0.5, 0.6) is 0 Å². The predicted octanol–water partition coefficient (Wildman–Crippen LogP) is 6.02. The van der Waals surface area contributed by atoms with E-state index >= 15 is 4.39 Å². The molecule has 0 spiro atoms. The Bertz CT molecular complexity index is 1510. The van der Waals surface area contributed by atoms with Gasteiger partial charge in [-0.3, -0.25) is 0 Å². The molecule has 31 heavy (non-hydrogen) atoms. The zero-order chi connectivity index (χ0) is 21.3. The standard InChI is InChI=1S/C27H24FN2O/c1-16-10-11-18-19-12-13-20(28)25(23-15-17-7-6-9-21(17)30(23)3)27(19)31-26(18)24(16)22-8-4-5-14-29(22)2/h4-5,8,10-15H,6-7,9H2,1-3H3/q+1. The maximum atomic E-state index is 15.3. The van der Waals surface area contributed by atoms with Gasteiger partial charge in [0.15, 0.2) is 6.20 Å². The summed E-state index contributed by atoms with van der Waals surface area (Å²) in [5.74, 6) is -0.241. The normalized spacial score (nSPS) is 13.4. The maximum Gasteiger partial charge on any atom is 0.216 e. The highest BCUT2D eigenvalue weighted by atomic mass is 19.1. The minimum Gasteiger partial charge on any atom is -0.454 e. The van der Waals surface area contributed by atoms with E-state index in [9.17, 15) is 0 Å². The van der Waals surface area contributed by atoms with Crippen LogP contribution in [0, 0.1) is 12.7 Å². The van der Waals surface area contributed by atoms with Gasteiger partial charge in [0.2, 0.25) is 5.69 Å². The van der Waals surface area contributed by atoms with Crippen LogP contribution in [0.1, 0.15) is 23.2 Å². The molecule has 6 rings (SSSR count). The van der Waals surface area contributed by atoms with E-state index in [1.54, 1.807) is 6.07 Å². The highest BCUT2D eigenvalue weighted by Crippen LogP contribution is 2.42. The summed E-state index contributed by atoms with van der Waals surface area (Å²) in [7, 11) is 4.08. The van der Waals surface area contributed by atoms with Crippen molar-refractivity contribution in [1.29, 1.82) is 0 Å². The zero-order valence-corrected chi connectivity index (χ0v) is 18.0. The van der Waals surface area contributed by atoms with Gasteiger partial charge in [0.25, 0.3) is 0 Å². The maximum absolute atomic E-state index is 15.3. The smallest absolute Gasteiger partial charge is 0.216 e. The Kier molecular flexibility index (Phi) is 3.88. The van der Waals surface area contributed by atoms with E-state index in [4.69, 9.17) is 4.42 Å². The fourth-order valence-corrected chi connectivity index (χ4v) is 5.25. The van der Waals surface area contributed by atoms with Gasteiger partial charge < -0.3 is 8.98 Å². The van der Waals surface area contributed by atoms with Gasteiger partial charge in [0.05, 0.1) is 16.8 Å². The molecular formula is C27H24FN2O+. The molecule has 3 heterocycles. The minimum atomic E-state index is -0.241. The Balaban J connectivity index is 1.71. The molecule has 2 aromatic carbocycles. The van der Waals surface area contributed by atoms with Crippen molar-refractivity contribution in [2.24, 2.45) is 14.1 Å². The van der Waals surface area contributed by atoms with Crippen LogP contribution < -0.4 is 4.57 Å². The fourth-order valence-electron chi connectivity index (χ4n) is 5.25. The van der Waals surface area contributed by atoms with E-state index < -0.39 is 0 Å². The van der Waals surface area contributed by atoms with Crippen molar-refractivity contribution >= 4 is 21.9 Å². The van der Waals surface area contributed by atoms with Crippen LogP contribution in [0.3, 0.4) is 0 Å². The molecule has 0 aliphatic heterocycles. The number of aryl methyl sites for hydroxylation is 3. The van der Waals surface area contributed by atoms with E-state index in [1.165, 1.54) is 17.7 Å². The van der Waals surface area contributed by atoms with Crippen LogP contribution in [-0.4, -0.2) is 4.57 Å². The van der Waals surface area contributed by atoms with Crippen LogP contribution in [0.25, 0.3) is 44.5 Å². The first-order chi connectivity index (χ1) is 15.0. The van der Waals surface area contributed by atoms with Crippen molar-refractivity contribution in [2.75, 3.05) is 0 Å². The molecule has 154 valence electrons. The lowest BCUT2D eigenvalue weighted by atomic mass is 10.00. The lowest BCUT2D eigenvalue weighted by molar-refractivity contribution is -0.660. The molecule has 5 aromatic rings. The number of hydrogen-bond donors (Lipinski definition) is 0. The number of benzene rings is 2. The Morgan fingerprint density at radius 1 is 0.968 bits per heavy atom. The molecule has 0 amide bonds. The van der Waals surface area contributed by atoms with Gasteiger partial charge in [-0.2, -0.15) is 0 Å². The molecular weight excluding hydrogens is 387 g/mol. The van der Waals surface area contributed by atoms with Crippen molar-refractivity contribution < 1.29 is 13.4 Å². The first kappa shape index (κ1) is 18.4. The van der Waals surface area contributed by atoms with Gasteiger partial charge in [-0.15, -0.1) is 0 Å². The molecule has 0 bridgehead atoms. The molecule has 0 fully saturated rings.